The summed E-state index contributed by atoms with van der Waals surface area (Å²) in [6.45, 7) is 10.6. The quantitative estimate of drug-likeness (QED) is 0.509. The summed E-state index contributed by atoms with van der Waals surface area (Å²) in [6.07, 6.45) is 0.484. The highest BCUT2D eigenvalue weighted by molar-refractivity contribution is 5.80. The molecule has 2 atom stereocenters. The van der Waals surface area contributed by atoms with E-state index in [9.17, 15) is 4.79 Å². The Morgan fingerprint density at radius 1 is 1.32 bits per heavy atom. The zero-order valence-electron chi connectivity index (χ0n) is 20.1. The van der Waals surface area contributed by atoms with Gasteiger partial charge in [-0.25, -0.2) is 4.79 Å². The number of guanidine groups is 1. The molecule has 2 N–H and O–H groups in total. The topological polar surface area (TPSA) is 78.4 Å². The molecule has 2 rings (SSSR count). The van der Waals surface area contributed by atoms with Gasteiger partial charge in [0.05, 0.1) is 25.7 Å². The molecule has 1 heterocycles. The molecule has 174 valence electrons. The van der Waals surface area contributed by atoms with Crippen molar-refractivity contribution in [2.24, 2.45) is 4.99 Å². The van der Waals surface area contributed by atoms with Gasteiger partial charge in [0.2, 0.25) is 0 Å². The predicted molar refractivity (Wildman–Crippen MR) is 125 cm³/mol. The molecule has 1 aromatic carbocycles. The van der Waals surface area contributed by atoms with Crippen LogP contribution in [0, 0.1) is 0 Å². The number of methoxy groups -OCH3 is 1. The van der Waals surface area contributed by atoms with Gasteiger partial charge in [0, 0.05) is 25.2 Å². The summed E-state index contributed by atoms with van der Waals surface area (Å²) in [5, 5.41) is 6.37. The summed E-state index contributed by atoms with van der Waals surface area (Å²) < 4.78 is 11.0. The summed E-state index contributed by atoms with van der Waals surface area (Å²) in [4.78, 5) is 21.4. The lowest BCUT2D eigenvalue weighted by Gasteiger charge is -2.27. The lowest BCUT2D eigenvalue weighted by atomic mass is 10.0. The molecule has 2 unspecified atom stereocenters. The summed E-state index contributed by atoms with van der Waals surface area (Å²) in [5.74, 6) is 1.72. The number of alkyl carbamates (subject to hydrolysis) is 1. The number of likely N-dealkylation sites (tertiary alicyclic amines) is 1. The molecule has 0 aromatic heterocycles. The fourth-order valence-electron chi connectivity index (χ4n) is 3.62. The van der Waals surface area contributed by atoms with Crippen LogP contribution in [0.1, 0.15) is 45.7 Å². The molecule has 0 bridgehead atoms. The Bertz CT molecular complexity index is 745. The highest BCUT2D eigenvalue weighted by Crippen LogP contribution is 2.28. The van der Waals surface area contributed by atoms with E-state index in [1.54, 1.807) is 7.11 Å². The maximum absolute atomic E-state index is 12.1. The first-order chi connectivity index (χ1) is 14.6. The van der Waals surface area contributed by atoms with Crippen LogP contribution < -0.4 is 15.4 Å². The number of para-hydroxylation sites is 1. The largest absolute Gasteiger partial charge is 0.496 e. The number of nitrogens with zero attached hydrogens (tertiary/aromatic N) is 3. The van der Waals surface area contributed by atoms with Crippen LogP contribution in [0.2, 0.25) is 0 Å². The van der Waals surface area contributed by atoms with Crippen molar-refractivity contribution in [1.29, 1.82) is 0 Å². The molecule has 1 amide bonds. The average molecular weight is 434 g/mol. The summed E-state index contributed by atoms with van der Waals surface area (Å²) in [6, 6.07) is 8.19. The number of nitrogens with one attached hydrogen (secondary N) is 2. The minimum absolute atomic E-state index is 0.0394. The van der Waals surface area contributed by atoms with E-state index in [4.69, 9.17) is 14.5 Å². The minimum Gasteiger partial charge on any atom is -0.496 e. The molecule has 0 saturated carbocycles. The summed E-state index contributed by atoms with van der Waals surface area (Å²) in [7, 11) is 5.80. The van der Waals surface area contributed by atoms with E-state index < -0.39 is 5.60 Å². The first kappa shape index (κ1) is 24.8. The Kier molecular flexibility index (Phi) is 8.98. The number of carbonyl (C=O) groups is 1. The molecular formula is C23H39N5O3. The maximum atomic E-state index is 12.1. The van der Waals surface area contributed by atoms with Crippen LogP contribution in [0.25, 0.3) is 0 Å². The molecule has 1 aromatic rings. The van der Waals surface area contributed by atoms with Crippen molar-refractivity contribution in [3.8, 4) is 5.75 Å². The molecule has 1 saturated heterocycles. The molecule has 1 aliphatic rings. The van der Waals surface area contributed by atoms with E-state index in [0.717, 1.165) is 36.8 Å². The average Bonchev–Trinajstić information content (AvgIpc) is 3.14. The number of hydrogen-bond donors (Lipinski definition) is 2. The first-order valence-electron chi connectivity index (χ1n) is 11.0. The highest BCUT2D eigenvalue weighted by Gasteiger charge is 2.28. The molecule has 0 radical (unpaired) electrons. The fraction of sp³-hybridized carbons (Fsp3) is 0.652. The third-order valence-corrected chi connectivity index (χ3v) is 5.08. The van der Waals surface area contributed by atoms with Crippen molar-refractivity contribution >= 4 is 12.1 Å². The molecule has 31 heavy (non-hydrogen) atoms. The molecular weight excluding hydrogens is 394 g/mol. The van der Waals surface area contributed by atoms with Crippen LogP contribution in [-0.4, -0.2) is 80.9 Å². The second kappa shape index (κ2) is 11.2. The normalized spacial score (nSPS) is 18.1. The van der Waals surface area contributed by atoms with Gasteiger partial charge >= 0.3 is 6.09 Å². The Hall–Kier alpha value is -2.48. The van der Waals surface area contributed by atoms with Gasteiger partial charge in [0.1, 0.15) is 11.4 Å². The second-order valence-electron chi connectivity index (χ2n) is 8.99. The summed E-state index contributed by atoms with van der Waals surface area (Å²) >= 11 is 0. The standard InChI is InChI=1S/C23H39N5O3/c1-8-24-21(28-14-13-17(16-28)26-22(29)31-23(2,3)4)25-15-19(27(5)6)18-11-9-10-12-20(18)30-7/h9-12,17,19H,8,13-16H2,1-7H3,(H,24,25)(H,26,29). The molecule has 0 aliphatic carbocycles. The van der Waals surface area contributed by atoms with Gasteiger partial charge in [-0.05, 0) is 54.3 Å². The van der Waals surface area contributed by atoms with E-state index in [1.807, 2.05) is 39.0 Å². The SMILES string of the molecule is CCNC(=NCC(c1ccccc1OC)N(C)C)N1CCC(NC(=O)OC(C)(C)C)C1. The van der Waals surface area contributed by atoms with Gasteiger partial charge in [-0.15, -0.1) is 0 Å². The number of benzene rings is 1. The maximum Gasteiger partial charge on any atom is 0.407 e. The predicted octanol–water partition coefficient (Wildman–Crippen LogP) is 2.86. The van der Waals surface area contributed by atoms with Crippen molar-refractivity contribution in [1.82, 2.24) is 20.4 Å². The lowest BCUT2D eigenvalue weighted by molar-refractivity contribution is 0.0507. The van der Waals surface area contributed by atoms with E-state index in [2.05, 4.69) is 47.5 Å². The first-order valence-corrected chi connectivity index (χ1v) is 11.0. The number of aliphatic imine (C=N–C) groups is 1. The number of carbonyl (C=O) groups excluding carboxylic acids is 1. The van der Waals surface area contributed by atoms with Crippen LogP contribution in [-0.2, 0) is 4.74 Å². The number of ether oxygens (including phenoxy) is 2. The van der Waals surface area contributed by atoms with E-state index in [-0.39, 0.29) is 18.2 Å². The Balaban J connectivity index is 2.08. The van der Waals surface area contributed by atoms with Gasteiger partial charge in [0.25, 0.3) is 0 Å². The van der Waals surface area contributed by atoms with Crippen LogP contribution >= 0.6 is 0 Å². The Labute approximate surface area is 187 Å². The molecule has 8 nitrogen and oxygen atoms in total. The zero-order valence-corrected chi connectivity index (χ0v) is 20.1. The fourth-order valence-corrected chi connectivity index (χ4v) is 3.62. The smallest absolute Gasteiger partial charge is 0.407 e. The lowest BCUT2D eigenvalue weighted by Crippen LogP contribution is -2.44. The van der Waals surface area contributed by atoms with Crippen LogP contribution in [0.5, 0.6) is 5.75 Å². The molecule has 0 spiro atoms. The van der Waals surface area contributed by atoms with Crippen LogP contribution in [0.4, 0.5) is 4.79 Å². The molecule has 1 fully saturated rings. The van der Waals surface area contributed by atoms with Gasteiger partial charge < -0.3 is 29.9 Å². The van der Waals surface area contributed by atoms with Gasteiger partial charge in [-0.1, -0.05) is 18.2 Å². The minimum atomic E-state index is -0.502. The second-order valence-corrected chi connectivity index (χ2v) is 8.99. The number of hydrogen-bond acceptors (Lipinski definition) is 5. The van der Waals surface area contributed by atoms with Crippen molar-refractivity contribution in [2.75, 3.05) is 47.4 Å². The van der Waals surface area contributed by atoms with E-state index >= 15 is 0 Å². The van der Waals surface area contributed by atoms with E-state index in [0.29, 0.717) is 13.1 Å². The third kappa shape index (κ3) is 7.61. The zero-order chi connectivity index (χ0) is 23.0. The number of likely N-dealkylation sites (N-methyl/N-ethyl adjacent to an activating group) is 1. The Morgan fingerprint density at radius 3 is 2.65 bits per heavy atom. The number of amides is 1. The molecule has 8 heteroatoms. The van der Waals surface area contributed by atoms with Gasteiger partial charge in [-0.2, -0.15) is 0 Å². The van der Waals surface area contributed by atoms with Crippen LogP contribution in [0.15, 0.2) is 29.3 Å². The van der Waals surface area contributed by atoms with Crippen molar-refractivity contribution in [3.05, 3.63) is 29.8 Å². The van der Waals surface area contributed by atoms with Gasteiger partial charge in [0.15, 0.2) is 5.96 Å². The van der Waals surface area contributed by atoms with Gasteiger partial charge in [-0.3, -0.25) is 4.99 Å². The van der Waals surface area contributed by atoms with Crippen molar-refractivity contribution in [3.63, 3.8) is 0 Å². The highest BCUT2D eigenvalue weighted by atomic mass is 16.6. The molecule has 1 aliphatic heterocycles. The van der Waals surface area contributed by atoms with Crippen molar-refractivity contribution in [2.45, 2.75) is 51.8 Å². The monoisotopic (exact) mass is 433 g/mol. The summed E-state index contributed by atoms with van der Waals surface area (Å²) in [5.41, 5.74) is 0.610. The van der Waals surface area contributed by atoms with Crippen molar-refractivity contribution < 1.29 is 14.3 Å². The third-order valence-electron chi connectivity index (χ3n) is 5.08. The van der Waals surface area contributed by atoms with E-state index in [1.165, 1.54) is 0 Å². The Morgan fingerprint density at radius 2 is 2.03 bits per heavy atom. The van der Waals surface area contributed by atoms with Crippen LogP contribution in [0.3, 0.4) is 0 Å². The number of rotatable bonds is 7.